The molecule has 8 nitrogen and oxygen atoms in total. The van der Waals surface area contributed by atoms with Crippen LogP contribution >= 0.6 is 24.2 Å². The summed E-state index contributed by atoms with van der Waals surface area (Å²) in [5, 5.41) is 10.6. The number of carbonyl (C=O) groups excluding carboxylic acids is 1. The fourth-order valence-corrected chi connectivity index (χ4v) is 4.00. The fraction of sp³-hybridized carbons (Fsp3) is 0.154. The molecule has 39 heavy (non-hydrogen) atoms. The van der Waals surface area contributed by atoms with E-state index in [1.165, 1.54) is 35.3 Å². The van der Waals surface area contributed by atoms with E-state index in [2.05, 4.69) is 43.1 Å². The lowest BCUT2D eigenvalue weighted by Crippen LogP contribution is -2.17. The maximum Gasteiger partial charge on any atom is 0.573 e. The highest BCUT2D eigenvalue weighted by Crippen LogP contribution is 2.31. The number of thiol groups is 1. The lowest BCUT2D eigenvalue weighted by molar-refractivity contribution is -0.274. The SMILES string of the molecule is CC(C)c1cccc(Cl)c1N/C(S)=N/C(=O)Nc1ccc(-c2ncn(-c3ccc(OC(F)(F)F)cc3)n2)cc1. The van der Waals surface area contributed by atoms with Gasteiger partial charge in [0.15, 0.2) is 11.0 Å². The first kappa shape index (κ1) is 28.0. The number of halogens is 4. The van der Waals surface area contributed by atoms with Gasteiger partial charge >= 0.3 is 12.4 Å². The number of aromatic nitrogens is 3. The van der Waals surface area contributed by atoms with E-state index in [0.29, 0.717) is 33.5 Å². The fourth-order valence-electron chi connectivity index (χ4n) is 3.56. The molecule has 0 unspecified atom stereocenters. The second-order valence-corrected chi connectivity index (χ2v) is 9.31. The molecule has 202 valence electrons. The number of urea groups is 1. The maximum atomic E-state index is 12.4. The first-order valence-corrected chi connectivity index (χ1v) is 12.3. The van der Waals surface area contributed by atoms with Gasteiger partial charge in [-0.15, -0.1) is 30.9 Å². The highest BCUT2D eigenvalue weighted by atomic mass is 35.5. The standard InChI is InChI=1S/C26H22ClF3N6O2S/c1-15(2)20-4-3-5-21(27)22(20)33-25(39)34-24(37)32-17-8-6-16(7-9-17)23-31-14-36(35-23)18-10-12-19(13-11-18)38-26(28,29)30/h3-15H,1-2H3,(H3,32,33,34,37,39). The highest BCUT2D eigenvalue weighted by molar-refractivity contribution is 7.97. The zero-order valence-electron chi connectivity index (χ0n) is 20.6. The summed E-state index contributed by atoms with van der Waals surface area (Å²) in [7, 11) is 0. The molecule has 0 atom stereocenters. The Morgan fingerprint density at radius 2 is 1.74 bits per heavy atom. The van der Waals surface area contributed by atoms with Crippen LogP contribution in [0.4, 0.5) is 29.3 Å². The third-order valence-corrected chi connectivity index (χ3v) is 5.86. The molecule has 1 aromatic heterocycles. The molecule has 0 saturated heterocycles. The molecule has 0 radical (unpaired) electrons. The van der Waals surface area contributed by atoms with Gasteiger partial charge in [0.2, 0.25) is 0 Å². The molecule has 1 heterocycles. The summed E-state index contributed by atoms with van der Waals surface area (Å²) in [5.41, 5.74) is 3.23. The number of anilines is 2. The topological polar surface area (TPSA) is 93.4 Å². The molecule has 0 fully saturated rings. The predicted octanol–water partition coefficient (Wildman–Crippen LogP) is 7.54. The van der Waals surface area contributed by atoms with E-state index in [1.807, 2.05) is 26.0 Å². The van der Waals surface area contributed by atoms with Crippen molar-refractivity contribution in [1.29, 1.82) is 0 Å². The Labute approximate surface area is 232 Å². The number of nitrogens with zero attached hydrogens (tertiary/aromatic N) is 4. The summed E-state index contributed by atoms with van der Waals surface area (Å²) in [6, 6.07) is 16.8. The Balaban J connectivity index is 1.39. The van der Waals surface area contributed by atoms with Crippen LogP contribution in [0.25, 0.3) is 17.1 Å². The van der Waals surface area contributed by atoms with Gasteiger partial charge in [0.25, 0.3) is 0 Å². The number of aliphatic imine (C=N–C) groups is 1. The minimum Gasteiger partial charge on any atom is -0.406 e. The predicted molar refractivity (Wildman–Crippen MR) is 148 cm³/mol. The second-order valence-electron chi connectivity index (χ2n) is 8.48. The van der Waals surface area contributed by atoms with Crippen molar-refractivity contribution in [3.05, 3.63) is 83.6 Å². The van der Waals surface area contributed by atoms with E-state index in [4.69, 9.17) is 11.6 Å². The highest BCUT2D eigenvalue weighted by Gasteiger charge is 2.31. The zero-order valence-corrected chi connectivity index (χ0v) is 22.2. The molecule has 0 aliphatic carbocycles. The number of rotatable bonds is 6. The Bertz CT molecular complexity index is 1490. The van der Waals surface area contributed by atoms with Gasteiger partial charge in [-0.1, -0.05) is 37.6 Å². The minimum absolute atomic E-state index is 0.0758. The molecule has 4 rings (SSSR count). The van der Waals surface area contributed by atoms with E-state index in [9.17, 15) is 18.0 Å². The molecule has 0 bridgehead atoms. The quantitative estimate of drug-likeness (QED) is 0.126. The minimum atomic E-state index is -4.76. The van der Waals surface area contributed by atoms with Gasteiger partial charge in [0.05, 0.1) is 16.4 Å². The van der Waals surface area contributed by atoms with Crippen LogP contribution in [0.2, 0.25) is 5.02 Å². The number of hydrogen-bond acceptors (Lipinski definition) is 4. The smallest absolute Gasteiger partial charge is 0.406 e. The molecule has 4 aromatic rings. The van der Waals surface area contributed by atoms with Crippen molar-refractivity contribution in [3.63, 3.8) is 0 Å². The molecule has 13 heteroatoms. The molecule has 2 N–H and O–H groups in total. The lowest BCUT2D eigenvalue weighted by atomic mass is 10.0. The van der Waals surface area contributed by atoms with Gasteiger partial charge < -0.3 is 15.4 Å². The number of ether oxygens (including phenoxy) is 1. The monoisotopic (exact) mass is 574 g/mol. The molecule has 0 aliphatic heterocycles. The number of para-hydroxylation sites is 1. The number of amidine groups is 1. The number of benzene rings is 3. The molecule has 0 spiro atoms. The van der Waals surface area contributed by atoms with Crippen LogP contribution in [0, 0.1) is 0 Å². The second kappa shape index (κ2) is 11.8. The summed E-state index contributed by atoms with van der Waals surface area (Å²) in [6.45, 7) is 4.05. The summed E-state index contributed by atoms with van der Waals surface area (Å²) in [4.78, 5) is 20.6. The molecule has 3 aromatic carbocycles. The third kappa shape index (κ3) is 7.52. The Hall–Kier alpha value is -4.03. The van der Waals surface area contributed by atoms with Crippen molar-refractivity contribution >= 4 is 46.8 Å². The van der Waals surface area contributed by atoms with Crippen LogP contribution in [-0.4, -0.2) is 32.3 Å². The Morgan fingerprint density at radius 3 is 2.38 bits per heavy atom. The number of amides is 2. The number of nitrogens with one attached hydrogen (secondary N) is 2. The lowest BCUT2D eigenvalue weighted by Gasteiger charge is -2.15. The van der Waals surface area contributed by atoms with E-state index >= 15 is 0 Å². The molecule has 2 amide bonds. The summed E-state index contributed by atoms with van der Waals surface area (Å²) in [6.07, 6.45) is -3.33. The van der Waals surface area contributed by atoms with Crippen molar-refractivity contribution in [2.45, 2.75) is 26.1 Å². The van der Waals surface area contributed by atoms with Crippen molar-refractivity contribution in [3.8, 4) is 22.8 Å². The van der Waals surface area contributed by atoms with Crippen molar-refractivity contribution < 1.29 is 22.7 Å². The van der Waals surface area contributed by atoms with Gasteiger partial charge in [-0.3, -0.25) is 0 Å². The average Bonchev–Trinajstić information content (AvgIpc) is 3.35. The van der Waals surface area contributed by atoms with Crippen LogP contribution in [0.5, 0.6) is 5.75 Å². The Morgan fingerprint density at radius 1 is 1.05 bits per heavy atom. The van der Waals surface area contributed by atoms with Crippen molar-refractivity contribution in [1.82, 2.24) is 14.8 Å². The summed E-state index contributed by atoms with van der Waals surface area (Å²) < 4.78 is 42.3. The summed E-state index contributed by atoms with van der Waals surface area (Å²) in [5.74, 6) is 0.238. The van der Waals surface area contributed by atoms with Crippen LogP contribution in [-0.2, 0) is 0 Å². The first-order chi connectivity index (χ1) is 18.5. The van der Waals surface area contributed by atoms with E-state index in [0.717, 1.165) is 5.56 Å². The van der Waals surface area contributed by atoms with Crippen LogP contribution < -0.4 is 15.4 Å². The first-order valence-electron chi connectivity index (χ1n) is 11.5. The Kier molecular flexibility index (Phi) is 8.46. The van der Waals surface area contributed by atoms with Crippen LogP contribution in [0.1, 0.15) is 25.3 Å². The molecule has 0 saturated carbocycles. The largest absolute Gasteiger partial charge is 0.573 e. The van der Waals surface area contributed by atoms with Crippen LogP contribution in [0.3, 0.4) is 0 Å². The molecule has 0 aliphatic rings. The van der Waals surface area contributed by atoms with Crippen LogP contribution in [0.15, 0.2) is 78.0 Å². The molecular weight excluding hydrogens is 553 g/mol. The summed E-state index contributed by atoms with van der Waals surface area (Å²) >= 11 is 10.6. The molecular formula is C26H22ClF3N6O2S. The number of hydrogen-bond donors (Lipinski definition) is 3. The zero-order chi connectivity index (χ0) is 28.2. The van der Waals surface area contributed by atoms with Crippen molar-refractivity contribution in [2.24, 2.45) is 4.99 Å². The average molecular weight is 575 g/mol. The van der Waals surface area contributed by atoms with Gasteiger partial charge in [-0.25, -0.2) is 14.5 Å². The van der Waals surface area contributed by atoms with Gasteiger partial charge in [-0.05, 0) is 66.1 Å². The van der Waals surface area contributed by atoms with E-state index in [1.54, 1.807) is 30.3 Å². The maximum absolute atomic E-state index is 12.4. The van der Waals surface area contributed by atoms with Gasteiger partial charge in [0, 0.05) is 11.3 Å². The van der Waals surface area contributed by atoms with E-state index < -0.39 is 12.4 Å². The van der Waals surface area contributed by atoms with E-state index in [-0.39, 0.29) is 16.8 Å². The number of alkyl halides is 3. The van der Waals surface area contributed by atoms with Crippen molar-refractivity contribution in [2.75, 3.05) is 10.6 Å². The van der Waals surface area contributed by atoms with Gasteiger partial charge in [-0.2, -0.15) is 4.99 Å². The third-order valence-electron chi connectivity index (χ3n) is 5.33. The number of carbonyl (C=O) groups is 1. The normalized spacial score (nSPS) is 11.9. The van der Waals surface area contributed by atoms with Gasteiger partial charge in [0.1, 0.15) is 12.1 Å².